The van der Waals surface area contributed by atoms with Gasteiger partial charge in [0, 0.05) is 53.2 Å². The zero-order valence-electron chi connectivity index (χ0n) is 17.1. The third kappa shape index (κ3) is 5.33. The normalized spacial score (nSPS) is 19.9. The van der Waals surface area contributed by atoms with E-state index in [2.05, 4.69) is 4.90 Å². The highest BCUT2D eigenvalue weighted by atomic mass is 32.2. The molecule has 1 saturated heterocycles. The van der Waals surface area contributed by atoms with Gasteiger partial charge in [0.25, 0.3) is 0 Å². The number of nitrogens with zero attached hydrogens (tertiary/aromatic N) is 3. The summed E-state index contributed by atoms with van der Waals surface area (Å²) in [4.78, 5) is 17.2. The number of sulfonamides is 1. The maximum absolute atomic E-state index is 12.6. The molecular weight excluding hydrogens is 374 g/mol. The molecule has 0 bridgehead atoms. The van der Waals surface area contributed by atoms with Gasteiger partial charge in [0.05, 0.1) is 4.90 Å². The van der Waals surface area contributed by atoms with Crippen molar-refractivity contribution in [1.29, 1.82) is 0 Å². The van der Waals surface area contributed by atoms with Crippen molar-refractivity contribution in [2.45, 2.75) is 50.0 Å². The quantitative estimate of drug-likeness (QED) is 0.727. The Hall–Kier alpha value is -1.44. The molecule has 28 heavy (non-hydrogen) atoms. The lowest BCUT2D eigenvalue weighted by Gasteiger charge is -2.35. The zero-order valence-corrected chi connectivity index (χ0v) is 18.0. The molecule has 0 atom stereocenters. The third-order valence-corrected chi connectivity index (χ3v) is 7.81. The monoisotopic (exact) mass is 407 g/mol. The molecule has 0 aromatic heterocycles. The number of rotatable bonds is 6. The Kier molecular flexibility index (Phi) is 7.12. The van der Waals surface area contributed by atoms with Gasteiger partial charge in [-0.25, -0.2) is 12.7 Å². The van der Waals surface area contributed by atoms with Crippen molar-refractivity contribution >= 4 is 15.9 Å². The van der Waals surface area contributed by atoms with E-state index >= 15 is 0 Å². The molecule has 0 unspecified atom stereocenters. The van der Waals surface area contributed by atoms with Crippen LogP contribution in [0, 0.1) is 5.92 Å². The summed E-state index contributed by atoms with van der Waals surface area (Å²) in [6, 6.07) is 7.17. The number of hydrogen-bond acceptors (Lipinski definition) is 4. The zero-order chi connectivity index (χ0) is 20.1. The van der Waals surface area contributed by atoms with E-state index in [4.69, 9.17) is 0 Å². The van der Waals surface area contributed by atoms with Crippen LogP contribution in [0.25, 0.3) is 0 Å². The van der Waals surface area contributed by atoms with E-state index in [-0.39, 0.29) is 0 Å². The Morgan fingerprint density at radius 2 is 1.75 bits per heavy atom. The van der Waals surface area contributed by atoms with Crippen LogP contribution in [0.3, 0.4) is 0 Å². The van der Waals surface area contributed by atoms with Gasteiger partial charge in [-0.05, 0) is 36.5 Å². The molecule has 1 aliphatic carbocycles. The van der Waals surface area contributed by atoms with Crippen LogP contribution >= 0.6 is 0 Å². The fraction of sp³-hybridized carbons (Fsp3) is 0.667. The molecule has 0 N–H and O–H groups in total. The van der Waals surface area contributed by atoms with E-state index in [0.717, 1.165) is 31.7 Å². The minimum absolute atomic E-state index is 0.311. The van der Waals surface area contributed by atoms with Crippen LogP contribution in [-0.4, -0.2) is 68.7 Å². The summed E-state index contributed by atoms with van der Waals surface area (Å²) >= 11 is 0. The SMILES string of the molecule is CN(C)S(=O)(=O)c1cccc(CN2CCN(C(=O)CC3CCCCC3)CC2)c1. The van der Waals surface area contributed by atoms with Crippen molar-refractivity contribution < 1.29 is 13.2 Å². The first-order chi connectivity index (χ1) is 13.4. The van der Waals surface area contributed by atoms with Gasteiger partial charge in [0.15, 0.2) is 0 Å². The highest BCUT2D eigenvalue weighted by Crippen LogP contribution is 2.27. The van der Waals surface area contributed by atoms with Crippen LogP contribution in [0.2, 0.25) is 0 Å². The molecule has 1 saturated carbocycles. The number of carbonyl (C=O) groups excluding carboxylic acids is 1. The molecule has 1 aliphatic heterocycles. The molecular formula is C21H33N3O3S. The fourth-order valence-corrected chi connectivity index (χ4v) is 5.17. The molecule has 1 aromatic carbocycles. The Morgan fingerprint density at radius 1 is 1.07 bits per heavy atom. The topological polar surface area (TPSA) is 60.9 Å². The van der Waals surface area contributed by atoms with Gasteiger partial charge in [-0.1, -0.05) is 31.4 Å². The predicted molar refractivity (Wildman–Crippen MR) is 110 cm³/mol. The first kappa shape index (κ1) is 21.3. The van der Waals surface area contributed by atoms with Crippen LogP contribution in [0.1, 0.15) is 44.1 Å². The summed E-state index contributed by atoms with van der Waals surface area (Å²) in [7, 11) is -0.318. The molecule has 0 radical (unpaired) electrons. The number of carbonyl (C=O) groups is 1. The molecule has 3 rings (SSSR count). The number of piperazine rings is 1. The second-order valence-corrected chi connectivity index (χ2v) is 10.5. The first-order valence-corrected chi connectivity index (χ1v) is 11.8. The van der Waals surface area contributed by atoms with Crippen molar-refractivity contribution in [1.82, 2.24) is 14.1 Å². The minimum Gasteiger partial charge on any atom is -0.340 e. The van der Waals surface area contributed by atoms with Gasteiger partial charge >= 0.3 is 0 Å². The van der Waals surface area contributed by atoms with Crippen LogP contribution < -0.4 is 0 Å². The second-order valence-electron chi connectivity index (χ2n) is 8.30. The molecule has 7 heteroatoms. The van der Waals surface area contributed by atoms with Gasteiger partial charge in [-0.2, -0.15) is 0 Å². The third-order valence-electron chi connectivity index (χ3n) is 6.00. The van der Waals surface area contributed by atoms with E-state index in [0.29, 0.717) is 29.7 Å². The summed E-state index contributed by atoms with van der Waals surface area (Å²) in [6.45, 7) is 3.91. The Labute approximate surface area is 169 Å². The fourth-order valence-electron chi connectivity index (χ4n) is 4.20. The van der Waals surface area contributed by atoms with Gasteiger partial charge in [0.1, 0.15) is 0 Å². The Balaban J connectivity index is 1.51. The van der Waals surface area contributed by atoms with Crippen LogP contribution in [0.4, 0.5) is 0 Å². The maximum atomic E-state index is 12.6. The van der Waals surface area contributed by atoms with Crippen LogP contribution in [0.5, 0.6) is 0 Å². The summed E-state index contributed by atoms with van der Waals surface area (Å²) in [6.07, 6.45) is 6.99. The standard InChI is InChI=1S/C21H33N3O3S/c1-22(2)28(26,27)20-10-6-9-19(15-20)17-23-11-13-24(14-12-23)21(25)16-18-7-4-3-5-8-18/h6,9-10,15,18H,3-5,7-8,11-14,16-17H2,1-2H3. The number of amides is 1. The Bertz CT molecular complexity index is 765. The maximum Gasteiger partial charge on any atom is 0.242 e. The number of benzene rings is 1. The molecule has 6 nitrogen and oxygen atoms in total. The Morgan fingerprint density at radius 3 is 2.39 bits per heavy atom. The van der Waals surface area contributed by atoms with Crippen molar-refractivity contribution in [2.24, 2.45) is 5.92 Å². The lowest BCUT2D eigenvalue weighted by Crippen LogP contribution is -2.48. The molecule has 1 aromatic rings. The van der Waals surface area contributed by atoms with Gasteiger partial charge in [0.2, 0.25) is 15.9 Å². The first-order valence-electron chi connectivity index (χ1n) is 10.4. The van der Waals surface area contributed by atoms with Crippen molar-refractivity contribution in [3.63, 3.8) is 0 Å². The number of hydrogen-bond donors (Lipinski definition) is 0. The average molecular weight is 408 g/mol. The van der Waals surface area contributed by atoms with Gasteiger partial charge < -0.3 is 4.90 Å². The summed E-state index contributed by atoms with van der Waals surface area (Å²) < 4.78 is 25.9. The lowest BCUT2D eigenvalue weighted by molar-refractivity contribution is -0.134. The smallest absolute Gasteiger partial charge is 0.242 e. The summed E-state index contributed by atoms with van der Waals surface area (Å²) in [5.41, 5.74) is 0.991. The van der Waals surface area contributed by atoms with Crippen molar-refractivity contribution in [3.8, 4) is 0 Å². The summed E-state index contributed by atoms with van der Waals surface area (Å²) in [5, 5.41) is 0. The molecule has 2 aliphatic rings. The van der Waals surface area contributed by atoms with E-state index in [9.17, 15) is 13.2 Å². The highest BCUT2D eigenvalue weighted by Gasteiger charge is 2.25. The van der Waals surface area contributed by atoms with Crippen LogP contribution in [-0.2, 0) is 21.4 Å². The summed E-state index contributed by atoms with van der Waals surface area (Å²) in [5.74, 6) is 0.895. The average Bonchev–Trinajstić information content (AvgIpc) is 2.69. The minimum atomic E-state index is -3.41. The molecule has 1 amide bonds. The lowest BCUT2D eigenvalue weighted by atomic mass is 9.86. The van der Waals surface area contributed by atoms with E-state index in [1.165, 1.54) is 36.4 Å². The van der Waals surface area contributed by atoms with Crippen molar-refractivity contribution in [3.05, 3.63) is 29.8 Å². The molecule has 0 spiro atoms. The van der Waals surface area contributed by atoms with E-state index in [1.807, 2.05) is 11.0 Å². The molecule has 156 valence electrons. The highest BCUT2D eigenvalue weighted by molar-refractivity contribution is 7.89. The van der Waals surface area contributed by atoms with Crippen molar-refractivity contribution in [2.75, 3.05) is 40.3 Å². The predicted octanol–water partition coefficient (Wildman–Crippen LogP) is 2.55. The van der Waals surface area contributed by atoms with E-state index in [1.54, 1.807) is 32.3 Å². The van der Waals surface area contributed by atoms with Crippen LogP contribution in [0.15, 0.2) is 29.2 Å². The van der Waals surface area contributed by atoms with E-state index < -0.39 is 10.0 Å². The molecule has 1 heterocycles. The van der Waals surface area contributed by atoms with Gasteiger partial charge in [-0.3, -0.25) is 9.69 Å². The largest absolute Gasteiger partial charge is 0.340 e. The molecule has 2 fully saturated rings. The van der Waals surface area contributed by atoms with Gasteiger partial charge in [-0.15, -0.1) is 0 Å². The second kappa shape index (κ2) is 9.37.